The quantitative estimate of drug-likeness (QED) is 0.514. The molecule has 0 aliphatic rings. The third-order valence-electron chi connectivity index (χ3n) is 5.09. The van der Waals surface area contributed by atoms with Crippen LogP contribution in [0.5, 0.6) is 0 Å². The Bertz CT molecular complexity index is 1360. The van der Waals surface area contributed by atoms with E-state index in [4.69, 9.17) is 23.2 Å². The zero-order chi connectivity index (χ0) is 19.6. The maximum atomic E-state index is 12.7. The van der Waals surface area contributed by atoms with Crippen molar-refractivity contribution in [3.63, 3.8) is 0 Å². The van der Waals surface area contributed by atoms with E-state index in [-0.39, 0.29) is 5.56 Å². The summed E-state index contributed by atoms with van der Waals surface area (Å²) >= 11 is 12.3. The second-order valence-electron chi connectivity index (χ2n) is 6.62. The maximum Gasteiger partial charge on any atom is 0.332 e. The van der Waals surface area contributed by atoms with Gasteiger partial charge in [0, 0.05) is 35.5 Å². The van der Waals surface area contributed by atoms with Crippen molar-refractivity contribution < 1.29 is 0 Å². The minimum absolute atomic E-state index is 0.358. The van der Waals surface area contributed by atoms with Gasteiger partial charge in [-0.05, 0) is 31.5 Å². The molecule has 9 heteroatoms. The molecule has 3 heterocycles. The van der Waals surface area contributed by atoms with E-state index in [1.165, 1.54) is 11.6 Å². The summed E-state index contributed by atoms with van der Waals surface area (Å²) < 4.78 is 6.27. The number of halogens is 2. The van der Waals surface area contributed by atoms with Gasteiger partial charge in [0.25, 0.3) is 5.56 Å². The van der Waals surface area contributed by atoms with Crippen LogP contribution >= 0.6 is 23.2 Å². The molecule has 0 radical (unpaired) electrons. The number of aromatic nitrogens is 5. The summed E-state index contributed by atoms with van der Waals surface area (Å²) in [5.41, 5.74) is 2.69. The number of nitrogens with zero attached hydrogens (tertiary/aromatic N) is 5. The van der Waals surface area contributed by atoms with E-state index in [1.54, 1.807) is 23.6 Å². The predicted octanol–water partition coefficient (Wildman–Crippen LogP) is 2.66. The molecule has 0 amide bonds. The van der Waals surface area contributed by atoms with E-state index in [9.17, 15) is 9.59 Å². The van der Waals surface area contributed by atoms with Crippen LogP contribution in [0.15, 0.2) is 27.8 Å². The van der Waals surface area contributed by atoms with Gasteiger partial charge in [-0.1, -0.05) is 29.3 Å². The SMILES string of the molecule is Cc1c(C)n2c3c(=O)n(C)c(=O)n(C)c3nc2n1Cc1ccc(Cl)cc1Cl. The van der Waals surface area contributed by atoms with Crippen LogP contribution < -0.4 is 11.2 Å². The van der Waals surface area contributed by atoms with Crippen molar-refractivity contribution >= 4 is 40.1 Å². The highest BCUT2D eigenvalue weighted by Crippen LogP contribution is 2.26. The van der Waals surface area contributed by atoms with Crippen LogP contribution in [0, 0.1) is 13.8 Å². The molecule has 0 saturated heterocycles. The average Bonchev–Trinajstić information content (AvgIpc) is 3.12. The largest absolute Gasteiger partial charge is 0.332 e. The lowest BCUT2D eigenvalue weighted by molar-refractivity contribution is 0.707. The highest BCUT2D eigenvalue weighted by Gasteiger charge is 2.22. The Morgan fingerprint density at radius 1 is 1.04 bits per heavy atom. The van der Waals surface area contributed by atoms with Gasteiger partial charge in [0.1, 0.15) is 0 Å². The predicted molar refractivity (Wildman–Crippen MR) is 106 cm³/mol. The van der Waals surface area contributed by atoms with Crippen molar-refractivity contribution in [3.8, 4) is 0 Å². The molecule has 0 saturated carbocycles. The molecule has 4 rings (SSSR count). The summed E-state index contributed by atoms with van der Waals surface area (Å²) in [6, 6.07) is 5.35. The number of rotatable bonds is 2. The summed E-state index contributed by atoms with van der Waals surface area (Å²) in [4.78, 5) is 29.6. The van der Waals surface area contributed by atoms with Crippen molar-refractivity contribution in [2.75, 3.05) is 0 Å². The van der Waals surface area contributed by atoms with E-state index in [1.807, 2.05) is 24.5 Å². The molecular formula is C18H17Cl2N5O2. The Morgan fingerprint density at radius 3 is 2.41 bits per heavy atom. The van der Waals surface area contributed by atoms with Crippen LogP contribution in [0.3, 0.4) is 0 Å². The molecule has 0 bridgehead atoms. The lowest BCUT2D eigenvalue weighted by Gasteiger charge is -2.09. The zero-order valence-electron chi connectivity index (χ0n) is 15.2. The summed E-state index contributed by atoms with van der Waals surface area (Å²) in [6.45, 7) is 4.36. The molecule has 27 heavy (non-hydrogen) atoms. The molecule has 0 fully saturated rings. The van der Waals surface area contributed by atoms with Gasteiger partial charge in [0.15, 0.2) is 11.2 Å². The zero-order valence-corrected chi connectivity index (χ0v) is 16.8. The van der Waals surface area contributed by atoms with Gasteiger partial charge >= 0.3 is 5.69 Å². The molecule has 1 aromatic carbocycles. The van der Waals surface area contributed by atoms with Crippen molar-refractivity contribution in [1.82, 2.24) is 23.1 Å². The summed E-state index contributed by atoms with van der Waals surface area (Å²) in [5.74, 6) is 0.587. The van der Waals surface area contributed by atoms with Gasteiger partial charge in [-0.15, -0.1) is 0 Å². The molecular weight excluding hydrogens is 389 g/mol. The number of hydrogen-bond donors (Lipinski definition) is 0. The van der Waals surface area contributed by atoms with Crippen LogP contribution in [-0.2, 0) is 20.6 Å². The van der Waals surface area contributed by atoms with Crippen LogP contribution in [0.4, 0.5) is 0 Å². The van der Waals surface area contributed by atoms with E-state index < -0.39 is 5.69 Å². The van der Waals surface area contributed by atoms with Crippen molar-refractivity contribution in [1.29, 1.82) is 0 Å². The van der Waals surface area contributed by atoms with Crippen molar-refractivity contribution in [2.24, 2.45) is 14.1 Å². The lowest BCUT2D eigenvalue weighted by atomic mass is 10.2. The molecule has 0 unspecified atom stereocenters. The summed E-state index contributed by atoms with van der Waals surface area (Å²) in [7, 11) is 3.08. The normalized spacial score (nSPS) is 11.8. The molecule has 7 nitrogen and oxygen atoms in total. The second kappa shape index (κ2) is 6.00. The van der Waals surface area contributed by atoms with E-state index >= 15 is 0 Å². The maximum absolute atomic E-state index is 12.7. The fraction of sp³-hybridized carbons (Fsp3) is 0.278. The molecule has 0 aliphatic carbocycles. The van der Waals surface area contributed by atoms with Gasteiger partial charge in [-0.3, -0.25) is 18.3 Å². The van der Waals surface area contributed by atoms with Gasteiger partial charge in [-0.25, -0.2) is 4.79 Å². The first-order chi connectivity index (χ1) is 12.7. The van der Waals surface area contributed by atoms with Gasteiger partial charge in [-0.2, -0.15) is 4.98 Å². The first-order valence-electron chi connectivity index (χ1n) is 8.30. The van der Waals surface area contributed by atoms with Crippen LogP contribution in [0.2, 0.25) is 10.0 Å². The Morgan fingerprint density at radius 2 is 1.74 bits per heavy atom. The molecule has 3 aromatic heterocycles. The van der Waals surface area contributed by atoms with E-state index in [0.29, 0.717) is 33.5 Å². The monoisotopic (exact) mass is 405 g/mol. The Balaban J connectivity index is 2.07. The molecule has 0 atom stereocenters. The number of hydrogen-bond acceptors (Lipinski definition) is 3. The van der Waals surface area contributed by atoms with Crippen LogP contribution in [0.1, 0.15) is 17.0 Å². The number of aryl methyl sites for hydroxylation is 2. The highest BCUT2D eigenvalue weighted by molar-refractivity contribution is 6.35. The van der Waals surface area contributed by atoms with Crippen LogP contribution in [0.25, 0.3) is 16.9 Å². The molecule has 0 spiro atoms. The van der Waals surface area contributed by atoms with Gasteiger partial charge < -0.3 is 4.57 Å². The third kappa shape index (κ3) is 2.45. The van der Waals surface area contributed by atoms with Crippen molar-refractivity contribution in [3.05, 3.63) is 66.0 Å². The molecule has 0 N–H and O–H groups in total. The lowest BCUT2D eigenvalue weighted by Crippen LogP contribution is -2.37. The van der Waals surface area contributed by atoms with Crippen LogP contribution in [-0.4, -0.2) is 23.1 Å². The average molecular weight is 406 g/mol. The van der Waals surface area contributed by atoms with E-state index in [0.717, 1.165) is 21.5 Å². The third-order valence-corrected chi connectivity index (χ3v) is 5.68. The van der Waals surface area contributed by atoms with Crippen molar-refractivity contribution in [2.45, 2.75) is 20.4 Å². The smallest absolute Gasteiger partial charge is 0.309 e. The first kappa shape index (κ1) is 17.9. The summed E-state index contributed by atoms with van der Waals surface area (Å²) in [5, 5.41) is 1.13. The van der Waals surface area contributed by atoms with E-state index in [2.05, 4.69) is 4.98 Å². The minimum Gasteiger partial charge on any atom is -0.309 e. The first-order valence-corrected chi connectivity index (χ1v) is 9.05. The minimum atomic E-state index is -0.407. The standard InChI is InChI=1S/C18H17Cl2N5O2/c1-9-10(2)25-14-15(22(3)18(27)23(4)16(14)26)21-17(25)24(9)8-11-5-6-12(19)7-13(11)20/h5-7H,8H2,1-4H3. The fourth-order valence-corrected chi connectivity index (χ4v) is 3.87. The Kier molecular flexibility index (Phi) is 3.98. The molecule has 140 valence electrons. The molecule has 0 aliphatic heterocycles. The number of fused-ring (bicyclic) bond motifs is 3. The Hall–Kier alpha value is -2.51. The molecule has 4 aromatic rings. The fourth-order valence-electron chi connectivity index (χ4n) is 3.40. The topological polar surface area (TPSA) is 66.2 Å². The number of imidazole rings is 2. The Labute approximate surface area is 164 Å². The highest BCUT2D eigenvalue weighted by atomic mass is 35.5. The second-order valence-corrected chi connectivity index (χ2v) is 7.46. The van der Waals surface area contributed by atoms with Gasteiger partial charge in [0.05, 0.1) is 6.54 Å². The number of benzene rings is 1. The summed E-state index contributed by atoms with van der Waals surface area (Å²) in [6.07, 6.45) is 0. The van der Waals surface area contributed by atoms with Gasteiger partial charge in [0.2, 0.25) is 5.78 Å².